The molecule has 4 nitrogen and oxygen atoms in total. The Morgan fingerprint density at radius 1 is 1.42 bits per heavy atom. The monoisotopic (exact) mass is 323 g/mol. The summed E-state index contributed by atoms with van der Waals surface area (Å²) < 4.78 is 8.28. The summed E-state index contributed by atoms with van der Waals surface area (Å²) in [6.07, 6.45) is 4.85. The molecule has 19 heavy (non-hydrogen) atoms. The number of nitrogens with one attached hydrogen (secondary N) is 1. The largest absolute Gasteiger partial charge is 0.497 e. The van der Waals surface area contributed by atoms with Crippen molar-refractivity contribution >= 4 is 15.9 Å². The number of hydrogen-bond donors (Lipinski definition) is 1. The van der Waals surface area contributed by atoms with E-state index in [1.165, 1.54) is 5.56 Å². The van der Waals surface area contributed by atoms with Crippen molar-refractivity contribution in [3.8, 4) is 5.75 Å². The molecule has 0 radical (unpaired) electrons. The lowest BCUT2D eigenvalue weighted by molar-refractivity contribution is 0.414. The van der Waals surface area contributed by atoms with Crippen molar-refractivity contribution in [2.24, 2.45) is 0 Å². The number of benzene rings is 1. The smallest absolute Gasteiger partial charge is 0.119 e. The Morgan fingerprint density at radius 3 is 3.05 bits per heavy atom. The summed E-state index contributed by atoms with van der Waals surface area (Å²) >= 11 is 3.55. The SMILES string of the molecule is COc1ccc(Br)c(CNCCCn2cccn2)c1. The van der Waals surface area contributed by atoms with Crippen molar-refractivity contribution in [2.45, 2.75) is 19.5 Å². The highest BCUT2D eigenvalue weighted by atomic mass is 79.9. The molecule has 1 heterocycles. The number of methoxy groups -OCH3 is 1. The van der Waals surface area contributed by atoms with Gasteiger partial charge in [0.05, 0.1) is 7.11 Å². The molecule has 1 N–H and O–H groups in total. The van der Waals surface area contributed by atoms with E-state index in [0.717, 1.165) is 36.3 Å². The molecule has 0 saturated heterocycles. The van der Waals surface area contributed by atoms with Crippen molar-refractivity contribution < 1.29 is 4.74 Å². The number of nitrogens with zero attached hydrogens (tertiary/aromatic N) is 2. The van der Waals surface area contributed by atoms with Gasteiger partial charge < -0.3 is 10.1 Å². The number of ether oxygens (including phenoxy) is 1. The minimum atomic E-state index is 0.830. The molecule has 0 amide bonds. The summed E-state index contributed by atoms with van der Waals surface area (Å²) in [5.74, 6) is 0.886. The second kappa shape index (κ2) is 7.31. The zero-order chi connectivity index (χ0) is 13.5. The third-order valence-electron chi connectivity index (χ3n) is 2.87. The average Bonchev–Trinajstić information content (AvgIpc) is 2.93. The molecule has 0 spiro atoms. The lowest BCUT2D eigenvalue weighted by Crippen LogP contribution is -2.17. The van der Waals surface area contributed by atoms with Gasteiger partial charge in [0, 0.05) is 30.0 Å². The highest BCUT2D eigenvalue weighted by Gasteiger charge is 2.01. The van der Waals surface area contributed by atoms with Crippen LogP contribution in [0, 0.1) is 0 Å². The molecule has 1 aromatic carbocycles. The molecule has 2 aromatic rings. The lowest BCUT2D eigenvalue weighted by atomic mass is 10.2. The molecular weight excluding hydrogens is 306 g/mol. The van der Waals surface area contributed by atoms with E-state index in [-0.39, 0.29) is 0 Å². The first-order chi connectivity index (χ1) is 9.29. The zero-order valence-corrected chi connectivity index (χ0v) is 12.6. The van der Waals surface area contributed by atoms with Crippen LogP contribution >= 0.6 is 15.9 Å². The maximum Gasteiger partial charge on any atom is 0.119 e. The number of hydrogen-bond acceptors (Lipinski definition) is 3. The number of rotatable bonds is 7. The van der Waals surface area contributed by atoms with Gasteiger partial charge in [-0.1, -0.05) is 15.9 Å². The van der Waals surface area contributed by atoms with Crippen molar-refractivity contribution in [3.63, 3.8) is 0 Å². The molecule has 0 aliphatic rings. The van der Waals surface area contributed by atoms with Gasteiger partial charge in [0.2, 0.25) is 0 Å². The molecule has 0 aliphatic carbocycles. The summed E-state index contributed by atoms with van der Waals surface area (Å²) in [5, 5.41) is 7.60. The summed E-state index contributed by atoms with van der Waals surface area (Å²) in [6, 6.07) is 7.95. The molecule has 1 aromatic heterocycles. The minimum Gasteiger partial charge on any atom is -0.497 e. The third kappa shape index (κ3) is 4.36. The van der Waals surface area contributed by atoms with E-state index in [2.05, 4.69) is 26.3 Å². The van der Waals surface area contributed by atoms with Crippen LogP contribution in [0.15, 0.2) is 41.1 Å². The second-order valence-electron chi connectivity index (χ2n) is 4.26. The summed E-state index contributed by atoms with van der Waals surface area (Å²) in [5.41, 5.74) is 1.21. The van der Waals surface area contributed by atoms with Crippen LogP contribution < -0.4 is 10.1 Å². The number of aryl methyl sites for hydroxylation is 1. The summed E-state index contributed by atoms with van der Waals surface area (Å²) in [4.78, 5) is 0. The lowest BCUT2D eigenvalue weighted by Gasteiger charge is -2.09. The van der Waals surface area contributed by atoms with Gasteiger partial charge in [0.15, 0.2) is 0 Å². The van der Waals surface area contributed by atoms with Gasteiger partial charge >= 0.3 is 0 Å². The quantitative estimate of drug-likeness (QED) is 0.796. The first kappa shape index (κ1) is 14.1. The van der Waals surface area contributed by atoms with Gasteiger partial charge in [-0.3, -0.25) is 4.68 Å². The molecule has 5 heteroatoms. The third-order valence-corrected chi connectivity index (χ3v) is 3.64. The van der Waals surface area contributed by atoms with Gasteiger partial charge in [-0.2, -0.15) is 5.10 Å². The fourth-order valence-corrected chi connectivity index (χ4v) is 2.22. The molecule has 0 aliphatic heterocycles. The minimum absolute atomic E-state index is 0.830. The predicted molar refractivity (Wildman–Crippen MR) is 79.2 cm³/mol. The number of halogens is 1. The summed E-state index contributed by atoms with van der Waals surface area (Å²) in [6.45, 7) is 2.74. The Labute approximate surface area is 121 Å². The van der Waals surface area contributed by atoms with Crippen molar-refractivity contribution in [1.29, 1.82) is 0 Å². The Morgan fingerprint density at radius 2 is 2.32 bits per heavy atom. The maximum atomic E-state index is 5.23. The van der Waals surface area contributed by atoms with Crippen LogP contribution in [-0.2, 0) is 13.1 Å². The van der Waals surface area contributed by atoms with Crippen molar-refractivity contribution in [3.05, 3.63) is 46.7 Å². The van der Waals surface area contributed by atoms with Crippen LogP contribution in [0.25, 0.3) is 0 Å². The predicted octanol–water partition coefficient (Wildman–Crippen LogP) is 2.83. The van der Waals surface area contributed by atoms with E-state index in [1.807, 2.05) is 35.1 Å². The van der Waals surface area contributed by atoms with Crippen LogP contribution in [0.5, 0.6) is 5.75 Å². The van der Waals surface area contributed by atoms with Crippen molar-refractivity contribution in [2.75, 3.05) is 13.7 Å². The first-order valence-electron chi connectivity index (χ1n) is 6.30. The Balaban J connectivity index is 1.73. The fourth-order valence-electron chi connectivity index (χ4n) is 1.84. The Hall–Kier alpha value is -1.33. The van der Waals surface area contributed by atoms with Crippen LogP contribution in [0.3, 0.4) is 0 Å². The highest BCUT2D eigenvalue weighted by Crippen LogP contribution is 2.22. The van der Waals surface area contributed by atoms with E-state index >= 15 is 0 Å². The van der Waals surface area contributed by atoms with E-state index in [9.17, 15) is 0 Å². The van der Waals surface area contributed by atoms with Crippen LogP contribution in [-0.4, -0.2) is 23.4 Å². The first-order valence-corrected chi connectivity index (χ1v) is 7.09. The molecule has 0 atom stereocenters. The van der Waals surface area contributed by atoms with Crippen molar-refractivity contribution in [1.82, 2.24) is 15.1 Å². The van der Waals surface area contributed by atoms with Crippen LogP contribution in [0.1, 0.15) is 12.0 Å². The highest BCUT2D eigenvalue weighted by molar-refractivity contribution is 9.10. The maximum absolute atomic E-state index is 5.23. The van der Waals surface area contributed by atoms with E-state index < -0.39 is 0 Å². The summed E-state index contributed by atoms with van der Waals surface area (Å²) in [7, 11) is 1.69. The number of aromatic nitrogens is 2. The molecule has 0 fully saturated rings. The van der Waals surface area contributed by atoms with Crippen LogP contribution in [0.4, 0.5) is 0 Å². The Kier molecular flexibility index (Phi) is 5.42. The normalized spacial score (nSPS) is 10.6. The van der Waals surface area contributed by atoms with E-state index in [1.54, 1.807) is 13.3 Å². The van der Waals surface area contributed by atoms with Gasteiger partial charge in [0.25, 0.3) is 0 Å². The molecule has 0 unspecified atom stereocenters. The molecule has 0 saturated carbocycles. The van der Waals surface area contributed by atoms with Gasteiger partial charge in [-0.25, -0.2) is 0 Å². The topological polar surface area (TPSA) is 39.1 Å². The molecule has 0 bridgehead atoms. The van der Waals surface area contributed by atoms with Gasteiger partial charge in [-0.15, -0.1) is 0 Å². The molecule has 102 valence electrons. The fraction of sp³-hybridized carbons (Fsp3) is 0.357. The second-order valence-corrected chi connectivity index (χ2v) is 5.11. The standard InChI is InChI=1S/C14H18BrN3O/c1-19-13-4-5-14(15)12(10-13)11-16-6-2-8-18-9-3-7-17-18/h3-5,7,9-10,16H,2,6,8,11H2,1H3. The van der Waals surface area contributed by atoms with E-state index in [0.29, 0.717) is 0 Å². The van der Waals surface area contributed by atoms with Gasteiger partial charge in [0.1, 0.15) is 5.75 Å². The average molecular weight is 324 g/mol. The molecule has 2 rings (SSSR count). The van der Waals surface area contributed by atoms with Gasteiger partial charge in [-0.05, 0) is 42.8 Å². The Bertz CT molecular complexity index is 499. The molecular formula is C14H18BrN3O. The van der Waals surface area contributed by atoms with E-state index in [4.69, 9.17) is 4.74 Å². The zero-order valence-electron chi connectivity index (χ0n) is 11.0. The van der Waals surface area contributed by atoms with Crippen LogP contribution in [0.2, 0.25) is 0 Å².